The van der Waals surface area contributed by atoms with Gasteiger partial charge in [0, 0.05) is 22.8 Å². The van der Waals surface area contributed by atoms with E-state index in [0.29, 0.717) is 22.4 Å². The first-order valence-electron chi connectivity index (χ1n) is 9.94. The number of fused-ring (bicyclic) bond motifs is 2. The number of H-pyrrole nitrogens is 1. The lowest BCUT2D eigenvalue weighted by atomic mass is 10.1. The van der Waals surface area contributed by atoms with Crippen molar-refractivity contribution in [2.45, 2.75) is 59.2 Å². The molecular weight excluding hydrogens is 366 g/mol. The highest BCUT2D eigenvalue weighted by Gasteiger charge is 2.29. The summed E-state index contributed by atoms with van der Waals surface area (Å²) in [6.45, 7) is 12.0. The summed E-state index contributed by atoms with van der Waals surface area (Å²) < 4.78 is 1.70. The number of nitrogens with one attached hydrogen (secondary N) is 3. The predicted molar refractivity (Wildman–Crippen MR) is 115 cm³/mol. The fourth-order valence-electron chi connectivity index (χ4n) is 3.83. The number of hydrogen-bond donors (Lipinski definition) is 3. The van der Waals surface area contributed by atoms with Crippen LogP contribution in [-0.4, -0.2) is 26.0 Å². The van der Waals surface area contributed by atoms with Gasteiger partial charge >= 0.3 is 0 Å². The van der Waals surface area contributed by atoms with E-state index in [-0.39, 0.29) is 29.1 Å². The largest absolute Gasteiger partial charge is 0.356 e. The lowest BCUT2D eigenvalue weighted by Gasteiger charge is -2.25. The van der Waals surface area contributed by atoms with E-state index in [0.717, 1.165) is 17.0 Å². The second-order valence-corrected chi connectivity index (χ2v) is 8.99. The van der Waals surface area contributed by atoms with Gasteiger partial charge in [0.15, 0.2) is 0 Å². The molecule has 1 aromatic carbocycles. The Morgan fingerprint density at radius 1 is 1.17 bits per heavy atom. The topological polar surface area (TPSA) is 91.8 Å². The zero-order chi connectivity index (χ0) is 21.1. The number of benzene rings is 1. The molecule has 1 atom stereocenters. The van der Waals surface area contributed by atoms with E-state index in [1.807, 2.05) is 59.7 Å². The van der Waals surface area contributed by atoms with Crippen LogP contribution in [0.25, 0.3) is 22.2 Å². The second-order valence-electron chi connectivity index (χ2n) is 8.99. The van der Waals surface area contributed by atoms with Gasteiger partial charge in [-0.1, -0.05) is 12.1 Å². The smallest absolute Gasteiger partial charge is 0.263 e. The fraction of sp³-hybridized carbons (Fsp3) is 0.409. The second kappa shape index (κ2) is 6.47. The molecule has 0 saturated heterocycles. The molecule has 3 aromatic rings. The van der Waals surface area contributed by atoms with Crippen LogP contribution >= 0.6 is 0 Å². The van der Waals surface area contributed by atoms with Gasteiger partial charge in [-0.2, -0.15) is 0 Å². The Morgan fingerprint density at radius 2 is 1.90 bits per heavy atom. The third-order valence-corrected chi connectivity index (χ3v) is 5.10. The van der Waals surface area contributed by atoms with E-state index < -0.39 is 0 Å². The molecule has 29 heavy (non-hydrogen) atoms. The molecule has 0 fully saturated rings. The van der Waals surface area contributed by atoms with Crippen molar-refractivity contribution >= 4 is 22.8 Å². The number of carbonyl (C=O) groups is 1. The highest BCUT2D eigenvalue weighted by Crippen LogP contribution is 2.33. The number of amides is 1. The summed E-state index contributed by atoms with van der Waals surface area (Å²) in [7, 11) is 0. The molecule has 1 unspecified atom stereocenters. The summed E-state index contributed by atoms with van der Waals surface area (Å²) in [6.07, 6.45) is 0. The third-order valence-electron chi connectivity index (χ3n) is 5.10. The van der Waals surface area contributed by atoms with Gasteiger partial charge in [0.05, 0.1) is 28.2 Å². The lowest BCUT2D eigenvalue weighted by molar-refractivity contribution is 0.0958. The van der Waals surface area contributed by atoms with Crippen molar-refractivity contribution < 1.29 is 4.79 Å². The van der Waals surface area contributed by atoms with Gasteiger partial charge in [0.25, 0.3) is 11.5 Å². The zero-order valence-corrected chi connectivity index (χ0v) is 17.7. The number of nitrogens with zero attached hydrogens (tertiary/aromatic N) is 2. The molecule has 0 spiro atoms. The van der Waals surface area contributed by atoms with Crippen LogP contribution in [0.15, 0.2) is 29.1 Å². The molecule has 0 aliphatic carbocycles. The van der Waals surface area contributed by atoms with Crippen LogP contribution in [0, 0.1) is 0 Å². The van der Waals surface area contributed by atoms with E-state index in [9.17, 15) is 9.59 Å². The maximum atomic E-state index is 13.3. The molecule has 7 nitrogen and oxygen atoms in total. The van der Waals surface area contributed by atoms with Crippen LogP contribution in [0.5, 0.6) is 0 Å². The maximum absolute atomic E-state index is 13.3. The number of hydrogen-bond acceptors (Lipinski definition) is 4. The molecule has 0 saturated carbocycles. The molecule has 7 heteroatoms. The molecule has 2 aromatic heterocycles. The van der Waals surface area contributed by atoms with Gasteiger partial charge in [-0.05, 0) is 53.7 Å². The molecule has 4 rings (SSSR count). The zero-order valence-electron chi connectivity index (χ0n) is 17.7. The average molecular weight is 393 g/mol. The van der Waals surface area contributed by atoms with Gasteiger partial charge in [0.2, 0.25) is 5.95 Å². The van der Waals surface area contributed by atoms with Crippen LogP contribution in [-0.2, 0) is 0 Å². The number of rotatable bonds is 3. The number of carbonyl (C=O) groups excluding carboxylic acids is 1. The van der Waals surface area contributed by atoms with Gasteiger partial charge < -0.3 is 15.6 Å². The molecule has 1 amide bonds. The van der Waals surface area contributed by atoms with E-state index >= 15 is 0 Å². The Labute approximate surface area is 169 Å². The summed E-state index contributed by atoms with van der Waals surface area (Å²) in [5, 5.41) is 6.82. The Morgan fingerprint density at radius 3 is 2.52 bits per heavy atom. The average Bonchev–Trinajstić information content (AvgIpc) is 3.14. The van der Waals surface area contributed by atoms with E-state index in [4.69, 9.17) is 4.98 Å². The van der Waals surface area contributed by atoms with E-state index in [2.05, 4.69) is 15.6 Å². The predicted octanol–water partition coefficient (Wildman–Crippen LogP) is 3.99. The summed E-state index contributed by atoms with van der Waals surface area (Å²) in [5.74, 6) is 0.461. The summed E-state index contributed by atoms with van der Waals surface area (Å²) in [5.41, 5.74) is 3.40. The van der Waals surface area contributed by atoms with Gasteiger partial charge in [-0.15, -0.1) is 0 Å². The van der Waals surface area contributed by atoms with Gasteiger partial charge in [0.1, 0.15) is 0 Å². The van der Waals surface area contributed by atoms with Crippen molar-refractivity contribution in [3.05, 3.63) is 45.9 Å². The number of anilines is 1. The quantitative estimate of drug-likeness (QED) is 0.627. The first-order chi connectivity index (χ1) is 13.6. The van der Waals surface area contributed by atoms with Crippen molar-refractivity contribution in [2.24, 2.45) is 0 Å². The van der Waals surface area contributed by atoms with Crippen molar-refractivity contribution in [1.29, 1.82) is 0 Å². The van der Waals surface area contributed by atoms with Gasteiger partial charge in [-0.25, -0.2) is 4.98 Å². The molecule has 0 bridgehead atoms. The Hall–Kier alpha value is -3.09. The number of para-hydroxylation sites is 1. The Kier molecular flexibility index (Phi) is 4.29. The normalized spacial score (nSPS) is 16.4. The van der Waals surface area contributed by atoms with Crippen LogP contribution in [0.2, 0.25) is 0 Å². The van der Waals surface area contributed by atoms with Crippen molar-refractivity contribution in [2.75, 3.05) is 5.32 Å². The molecular formula is C22H27N5O2. The summed E-state index contributed by atoms with van der Waals surface area (Å²) >= 11 is 0. The molecule has 0 radical (unpaired) electrons. The van der Waals surface area contributed by atoms with Crippen molar-refractivity contribution in [1.82, 2.24) is 19.9 Å². The Bertz CT molecular complexity index is 1180. The van der Waals surface area contributed by atoms with Crippen LogP contribution in [0.4, 0.5) is 5.95 Å². The first-order valence-corrected chi connectivity index (χ1v) is 9.94. The standard InChI is InChI=1S/C22H27N5O2/c1-11(2)27-20(29)14-9-7-8-13(18(14)25-21(27)26-22(4,5)6)16-10-15-17(24-16)12(3)23-19(15)28/h7-12,24H,1-6H3,(H,23,28)(H,25,26). The molecule has 1 aliphatic rings. The minimum absolute atomic E-state index is 0.0354. The summed E-state index contributed by atoms with van der Waals surface area (Å²) in [6, 6.07) is 7.34. The third kappa shape index (κ3) is 3.20. The van der Waals surface area contributed by atoms with Gasteiger partial charge in [-0.3, -0.25) is 14.2 Å². The number of aromatic nitrogens is 3. The highest BCUT2D eigenvalue weighted by atomic mass is 16.2. The maximum Gasteiger partial charge on any atom is 0.263 e. The Balaban J connectivity index is 1.98. The minimum Gasteiger partial charge on any atom is -0.356 e. The first kappa shape index (κ1) is 19.2. The number of aromatic amines is 1. The molecule has 3 heterocycles. The highest BCUT2D eigenvalue weighted by molar-refractivity contribution is 6.01. The van der Waals surface area contributed by atoms with Crippen LogP contribution in [0.1, 0.15) is 69.7 Å². The SMILES string of the molecule is CC1NC(=O)c2cc(-c3cccc4c(=O)n(C(C)C)c(NC(C)(C)C)nc34)[nH]c21. The van der Waals surface area contributed by atoms with Crippen molar-refractivity contribution in [3.8, 4) is 11.3 Å². The monoisotopic (exact) mass is 393 g/mol. The molecule has 152 valence electrons. The van der Waals surface area contributed by atoms with E-state index in [1.54, 1.807) is 10.6 Å². The molecule has 3 N–H and O–H groups in total. The van der Waals surface area contributed by atoms with E-state index in [1.165, 1.54) is 0 Å². The van der Waals surface area contributed by atoms with Crippen molar-refractivity contribution in [3.63, 3.8) is 0 Å². The minimum atomic E-state index is -0.250. The van der Waals surface area contributed by atoms with Crippen LogP contribution < -0.4 is 16.2 Å². The summed E-state index contributed by atoms with van der Waals surface area (Å²) in [4.78, 5) is 33.7. The lowest BCUT2D eigenvalue weighted by Crippen LogP contribution is -2.34. The van der Waals surface area contributed by atoms with Crippen LogP contribution in [0.3, 0.4) is 0 Å². The fourth-order valence-corrected chi connectivity index (χ4v) is 3.83. The molecule has 1 aliphatic heterocycles.